The molecular formula is C14H21N3O. The van der Waals surface area contributed by atoms with Gasteiger partial charge >= 0.3 is 0 Å². The van der Waals surface area contributed by atoms with Gasteiger partial charge in [0.2, 0.25) is 5.91 Å². The third-order valence-corrected chi connectivity index (χ3v) is 3.55. The summed E-state index contributed by atoms with van der Waals surface area (Å²) >= 11 is 0. The number of benzene rings is 1. The molecule has 1 heterocycles. The number of likely N-dealkylation sites (N-methyl/N-ethyl adjacent to an activating group) is 1. The molecule has 1 aliphatic heterocycles. The Labute approximate surface area is 108 Å². The van der Waals surface area contributed by atoms with E-state index < -0.39 is 0 Å². The summed E-state index contributed by atoms with van der Waals surface area (Å²) in [7, 11) is 1.87. The molecule has 1 aliphatic rings. The fourth-order valence-electron chi connectivity index (χ4n) is 2.45. The lowest BCUT2D eigenvalue weighted by atomic mass is 10.1. The van der Waals surface area contributed by atoms with Gasteiger partial charge in [-0.3, -0.25) is 9.69 Å². The lowest BCUT2D eigenvalue weighted by Gasteiger charge is -2.29. The first-order valence-electron chi connectivity index (χ1n) is 6.45. The SMILES string of the molecule is CN1CCCN(C(CN)c2ccccc2)CC1=O. The van der Waals surface area contributed by atoms with Crippen molar-refractivity contribution in [1.29, 1.82) is 0 Å². The maximum atomic E-state index is 11.9. The highest BCUT2D eigenvalue weighted by atomic mass is 16.2. The van der Waals surface area contributed by atoms with Gasteiger partial charge in [-0.15, -0.1) is 0 Å². The number of nitrogens with two attached hydrogens (primary N) is 1. The molecular weight excluding hydrogens is 226 g/mol. The van der Waals surface area contributed by atoms with Gasteiger partial charge in [0.25, 0.3) is 0 Å². The molecule has 1 saturated heterocycles. The van der Waals surface area contributed by atoms with E-state index in [0.717, 1.165) is 19.5 Å². The van der Waals surface area contributed by atoms with Crippen molar-refractivity contribution in [2.45, 2.75) is 12.5 Å². The predicted molar refractivity (Wildman–Crippen MR) is 72.1 cm³/mol. The van der Waals surface area contributed by atoms with Crippen LogP contribution in [-0.4, -0.2) is 48.9 Å². The third kappa shape index (κ3) is 2.89. The van der Waals surface area contributed by atoms with Crippen LogP contribution in [0.3, 0.4) is 0 Å². The van der Waals surface area contributed by atoms with Crippen molar-refractivity contribution in [1.82, 2.24) is 9.80 Å². The van der Waals surface area contributed by atoms with E-state index in [9.17, 15) is 4.79 Å². The summed E-state index contributed by atoms with van der Waals surface area (Å²) in [6.45, 7) is 2.77. The summed E-state index contributed by atoms with van der Waals surface area (Å²) in [5.74, 6) is 0.182. The van der Waals surface area contributed by atoms with Crippen molar-refractivity contribution < 1.29 is 4.79 Å². The normalized spacial score (nSPS) is 19.7. The monoisotopic (exact) mass is 247 g/mol. The van der Waals surface area contributed by atoms with Gasteiger partial charge in [-0.1, -0.05) is 30.3 Å². The predicted octanol–water partition coefficient (Wildman–Crippen LogP) is 0.850. The maximum Gasteiger partial charge on any atom is 0.236 e. The minimum absolute atomic E-state index is 0.140. The number of nitrogens with zero attached hydrogens (tertiary/aromatic N) is 2. The number of carbonyl (C=O) groups is 1. The molecule has 2 rings (SSSR count). The van der Waals surface area contributed by atoms with Crippen LogP contribution in [-0.2, 0) is 4.79 Å². The van der Waals surface area contributed by atoms with E-state index in [4.69, 9.17) is 5.73 Å². The molecule has 1 aromatic rings. The van der Waals surface area contributed by atoms with Gasteiger partial charge in [0.05, 0.1) is 6.54 Å². The molecule has 4 nitrogen and oxygen atoms in total. The fourth-order valence-corrected chi connectivity index (χ4v) is 2.45. The number of carbonyl (C=O) groups excluding carboxylic acids is 1. The van der Waals surface area contributed by atoms with Crippen LogP contribution in [0.2, 0.25) is 0 Å². The Balaban J connectivity index is 2.15. The molecule has 4 heteroatoms. The summed E-state index contributed by atoms with van der Waals surface area (Å²) in [5.41, 5.74) is 7.09. The van der Waals surface area contributed by atoms with Crippen LogP contribution in [0.1, 0.15) is 18.0 Å². The molecule has 1 atom stereocenters. The van der Waals surface area contributed by atoms with E-state index in [1.165, 1.54) is 5.56 Å². The lowest BCUT2D eigenvalue weighted by Crippen LogP contribution is -2.39. The van der Waals surface area contributed by atoms with Gasteiger partial charge in [0.15, 0.2) is 0 Å². The maximum absolute atomic E-state index is 11.9. The minimum Gasteiger partial charge on any atom is -0.345 e. The largest absolute Gasteiger partial charge is 0.345 e. The number of amides is 1. The zero-order chi connectivity index (χ0) is 13.0. The first-order chi connectivity index (χ1) is 8.72. The fraction of sp³-hybridized carbons (Fsp3) is 0.500. The molecule has 2 N–H and O–H groups in total. The highest BCUT2D eigenvalue weighted by Gasteiger charge is 2.25. The molecule has 0 saturated carbocycles. The molecule has 0 aromatic heterocycles. The highest BCUT2D eigenvalue weighted by molar-refractivity contribution is 5.78. The molecule has 0 aliphatic carbocycles. The summed E-state index contributed by atoms with van der Waals surface area (Å²) in [6, 6.07) is 10.3. The van der Waals surface area contributed by atoms with Crippen LogP contribution in [0, 0.1) is 0 Å². The number of hydrogen-bond donors (Lipinski definition) is 1. The van der Waals surface area contributed by atoms with Gasteiger partial charge in [-0.05, 0) is 12.0 Å². The van der Waals surface area contributed by atoms with E-state index in [-0.39, 0.29) is 11.9 Å². The molecule has 1 unspecified atom stereocenters. The van der Waals surface area contributed by atoms with E-state index in [1.54, 1.807) is 4.90 Å². The topological polar surface area (TPSA) is 49.6 Å². The van der Waals surface area contributed by atoms with Crippen molar-refractivity contribution in [2.75, 3.05) is 33.2 Å². The van der Waals surface area contributed by atoms with Crippen molar-refractivity contribution in [3.63, 3.8) is 0 Å². The Bertz CT molecular complexity index is 393. The van der Waals surface area contributed by atoms with E-state index in [1.807, 2.05) is 25.2 Å². The Morgan fingerprint density at radius 1 is 1.28 bits per heavy atom. The van der Waals surface area contributed by atoms with E-state index >= 15 is 0 Å². The van der Waals surface area contributed by atoms with Crippen LogP contribution in [0.25, 0.3) is 0 Å². The number of rotatable bonds is 3. The molecule has 98 valence electrons. The zero-order valence-electron chi connectivity index (χ0n) is 10.9. The second-order valence-corrected chi connectivity index (χ2v) is 4.80. The first-order valence-corrected chi connectivity index (χ1v) is 6.45. The summed E-state index contributed by atoms with van der Waals surface area (Å²) in [4.78, 5) is 15.9. The average Bonchev–Trinajstić information content (AvgIpc) is 2.55. The quantitative estimate of drug-likeness (QED) is 0.861. The van der Waals surface area contributed by atoms with Crippen molar-refractivity contribution in [3.8, 4) is 0 Å². The molecule has 1 fully saturated rings. The molecule has 1 amide bonds. The van der Waals surface area contributed by atoms with Gasteiger partial charge in [-0.25, -0.2) is 0 Å². The third-order valence-electron chi connectivity index (χ3n) is 3.55. The summed E-state index contributed by atoms with van der Waals surface area (Å²) < 4.78 is 0. The van der Waals surface area contributed by atoms with E-state index in [2.05, 4.69) is 17.0 Å². The summed E-state index contributed by atoms with van der Waals surface area (Å²) in [5, 5.41) is 0. The summed E-state index contributed by atoms with van der Waals surface area (Å²) in [6.07, 6.45) is 1.01. The highest BCUT2D eigenvalue weighted by Crippen LogP contribution is 2.21. The van der Waals surface area contributed by atoms with Gasteiger partial charge in [0.1, 0.15) is 0 Å². The molecule has 1 aromatic carbocycles. The van der Waals surface area contributed by atoms with Crippen molar-refractivity contribution in [3.05, 3.63) is 35.9 Å². The van der Waals surface area contributed by atoms with Crippen molar-refractivity contribution >= 4 is 5.91 Å². The zero-order valence-corrected chi connectivity index (χ0v) is 10.9. The average molecular weight is 247 g/mol. The molecule has 0 bridgehead atoms. The lowest BCUT2D eigenvalue weighted by molar-refractivity contribution is -0.130. The smallest absolute Gasteiger partial charge is 0.236 e. The van der Waals surface area contributed by atoms with Crippen LogP contribution in [0.15, 0.2) is 30.3 Å². The Morgan fingerprint density at radius 3 is 2.67 bits per heavy atom. The van der Waals surface area contributed by atoms with Crippen LogP contribution in [0.4, 0.5) is 0 Å². The molecule has 0 spiro atoms. The number of hydrogen-bond acceptors (Lipinski definition) is 3. The second kappa shape index (κ2) is 5.98. The Kier molecular flexibility index (Phi) is 4.33. The second-order valence-electron chi connectivity index (χ2n) is 4.80. The van der Waals surface area contributed by atoms with E-state index in [0.29, 0.717) is 13.1 Å². The van der Waals surface area contributed by atoms with Crippen molar-refractivity contribution in [2.24, 2.45) is 5.73 Å². The van der Waals surface area contributed by atoms with Crippen LogP contribution < -0.4 is 5.73 Å². The Morgan fingerprint density at radius 2 is 2.00 bits per heavy atom. The molecule has 18 heavy (non-hydrogen) atoms. The minimum atomic E-state index is 0.140. The van der Waals surface area contributed by atoms with Gasteiger partial charge in [-0.2, -0.15) is 0 Å². The van der Waals surface area contributed by atoms with Gasteiger partial charge in [0, 0.05) is 32.7 Å². The Hall–Kier alpha value is -1.39. The van der Waals surface area contributed by atoms with Crippen LogP contribution in [0.5, 0.6) is 0 Å². The van der Waals surface area contributed by atoms with Crippen LogP contribution >= 0.6 is 0 Å². The first kappa shape index (κ1) is 13.1. The standard InChI is InChI=1S/C14H21N3O/c1-16-8-5-9-17(11-14(16)18)13(10-15)12-6-3-2-4-7-12/h2-4,6-7,13H,5,8-11,15H2,1H3. The van der Waals surface area contributed by atoms with Gasteiger partial charge < -0.3 is 10.6 Å². The molecule has 0 radical (unpaired) electrons.